The number of nitrogens with one attached hydrogen (secondary N) is 1. The molecule has 1 aliphatic heterocycles. The molecule has 7 heteroatoms. The maximum absolute atomic E-state index is 14.5. The van der Waals surface area contributed by atoms with Crippen LogP contribution in [0.2, 0.25) is 0 Å². The fourth-order valence-electron chi connectivity index (χ4n) is 3.05. The van der Waals surface area contributed by atoms with E-state index in [9.17, 15) is 14.4 Å². The second-order valence-corrected chi connectivity index (χ2v) is 6.03. The van der Waals surface area contributed by atoms with Gasteiger partial charge in [-0.2, -0.15) is 5.26 Å². The van der Waals surface area contributed by atoms with Crippen molar-refractivity contribution in [2.24, 2.45) is 0 Å². The van der Waals surface area contributed by atoms with Gasteiger partial charge in [-0.25, -0.2) is 9.18 Å². The smallest absolute Gasteiger partial charge is 0.407 e. The second kappa shape index (κ2) is 7.74. The molecule has 1 aliphatic rings. The van der Waals surface area contributed by atoms with Gasteiger partial charge in [-0.1, -0.05) is 30.3 Å². The van der Waals surface area contributed by atoms with Crippen molar-refractivity contribution in [3.8, 4) is 6.07 Å². The first-order valence-electron chi connectivity index (χ1n) is 8.33. The molecule has 3 rings (SSSR count). The highest BCUT2D eigenvalue weighted by Gasteiger charge is 2.25. The normalized spacial score (nSPS) is 14.0. The highest BCUT2D eigenvalue weighted by Crippen LogP contribution is 2.31. The molecule has 26 heavy (non-hydrogen) atoms. The van der Waals surface area contributed by atoms with Gasteiger partial charge in [0.25, 0.3) is 0 Å². The van der Waals surface area contributed by atoms with E-state index in [4.69, 9.17) is 5.11 Å². The van der Waals surface area contributed by atoms with Gasteiger partial charge in [0.1, 0.15) is 17.4 Å². The number of hydrogen-bond donors (Lipinski definition) is 2. The summed E-state index contributed by atoms with van der Waals surface area (Å²) in [6.45, 7) is 1.77. The van der Waals surface area contributed by atoms with E-state index in [1.807, 2.05) is 30.3 Å². The molecular formula is C19H19FN4O2. The minimum absolute atomic E-state index is 0.232. The summed E-state index contributed by atoms with van der Waals surface area (Å²) in [6, 6.07) is 14.7. The Bertz CT molecular complexity index is 827. The minimum Gasteiger partial charge on any atom is -0.465 e. The lowest BCUT2D eigenvalue weighted by atomic mass is 10.1. The molecule has 0 bridgehead atoms. The van der Waals surface area contributed by atoms with Gasteiger partial charge in [-0.3, -0.25) is 0 Å². The molecule has 0 spiro atoms. The fourth-order valence-corrected chi connectivity index (χ4v) is 3.05. The maximum Gasteiger partial charge on any atom is 0.407 e. The summed E-state index contributed by atoms with van der Waals surface area (Å²) in [5.41, 5.74) is 2.09. The Hall–Kier alpha value is -3.27. The van der Waals surface area contributed by atoms with Gasteiger partial charge < -0.3 is 20.2 Å². The number of anilines is 2. The van der Waals surface area contributed by atoms with Crippen molar-refractivity contribution in [3.05, 3.63) is 59.4 Å². The first-order valence-corrected chi connectivity index (χ1v) is 8.33. The van der Waals surface area contributed by atoms with Crippen LogP contribution in [0.15, 0.2) is 42.5 Å². The van der Waals surface area contributed by atoms with Gasteiger partial charge in [0.15, 0.2) is 0 Å². The molecule has 134 valence electrons. The van der Waals surface area contributed by atoms with Crippen LogP contribution in [0.5, 0.6) is 0 Å². The quantitative estimate of drug-likeness (QED) is 0.882. The van der Waals surface area contributed by atoms with Crippen molar-refractivity contribution >= 4 is 17.5 Å². The van der Waals surface area contributed by atoms with Crippen LogP contribution in [0.1, 0.15) is 11.1 Å². The van der Waals surface area contributed by atoms with Crippen LogP contribution in [0, 0.1) is 17.1 Å². The van der Waals surface area contributed by atoms with Gasteiger partial charge in [0, 0.05) is 32.7 Å². The van der Waals surface area contributed by atoms with Crippen LogP contribution in [-0.4, -0.2) is 42.3 Å². The van der Waals surface area contributed by atoms with E-state index in [0.717, 1.165) is 5.56 Å². The van der Waals surface area contributed by atoms with Crippen molar-refractivity contribution in [2.75, 3.05) is 36.4 Å². The molecule has 2 N–H and O–H groups in total. The van der Waals surface area contributed by atoms with Gasteiger partial charge in [0.05, 0.1) is 11.4 Å². The molecule has 0 atom stereocenters. The van der Waals surface area contributed by atoms with Crippen LogP contribution in [0.4, 0.5) is 20.6 Å². The number of carbonyl (C=O) groups is 1. The second-order valence-electron chi connectivity index (χ2n) is 6.03. The number of carboxylic acid groups (broad SMARTS) is 1. The van der Waals surface area contributed by atoms with E-state index in [-0.39, 0.29) is 24.3 Å². The van der Waals surface area contributed by atoms with Crippen molar-refractivity contribution in [2.45, 2.75) is 6.54 Å². The molecule has 6 nitrogen and oxygen atoms in total. The van der Waals surface area contributed by atoms with Crippen LogP contribution in [-0.2, 0) is 6.54 Å². The van der Waals surface area contributed by atoms with Crippen LogP contribution < -0.4 is 10.2 Å². The van der Waals surface area contributed by atoms with E-state index in [1.165, 1.54) is 11.0 Å². The third-order valence-electron chi connectivity index (χ3n) is 4.43. The SMILES string of the molecule is N#Cc1c(NCc2ccccc2)ccc(F)c1N1CCN(C(=O)O)CC1. The highest BCUT2D eigenvalue weighted by molar-refractivity contribution is 5.73. The zero-order chi connectivity index (χ0) is 18.5. The molecule has 1 fully saturated rings. The number of amides is 1. The topological polar surface area (TPSA) is 79.6 Å². The van der Waals surface area contributed by atoms with E-state index < -0.39 is 11.9 Å². The van der Waals surface area contributed by atoms with Crippen molar-refractivity contribution < 1.29 is 14.3 Å². The molecule has 1 heterocycles. The van der Waals surface area contributed by atoms with Crippen molar-refractivity contribution in [3.63, 3.8) is 0 Å². The molecule has 0 saturated carbocycles. The first kappa shape index (κ1) is 17.5. The van der Waals surface area contributed by atoms with E-state index in [1.54, 1.807) is 11.0 Å². The van der Waals surface area contributed by atoms with Gasteiger partial charge in [-0.15, -0.1) is 0 Å². The number of rotatable bonds is 4. The highest BCUT2D eigenvalue weighted by atomic mass is 19.1. The number of nitriles is 1. The summed E-state index contributed by atoms with van der Waals surface area (Å²) in [5.74, 6) is -0.476. The third-order valence-corrected chi connectivity index (χ3v) is 4.43. The summed E-state index contributed by atoms with van der Waals surface area (Å²) in [5, 5.41) is 21.8. The summed E-state index contributed by atoms with van der Waals surface area (Å²) >= 11 is 0. The molecule has 2 aromatic carbocycles. The molecule has 0 aliphatic carbocycles. The molecule has 2 aromatic rings. The molecule has 0 radical (unpaired) electrons. The molecule has 1 saturated heterocycles. The van der Waals surface area contributed by atoms with Crippen molar-refractivity contribution in [1.82, 2.24) is 4.90 Å². The third kappa shape index (κ3) is 3.70. The van der Waals surface area contributed by atoms with E-state index in [0.29, 0.717) is 25.3 Å². The van der Waals surface area contributed by atoms with Crippen LogP contribution >= 0.6 is 0 Å². The predicted molar refractivity (Wildman–Crippen MR) is 96.7 cm³/mol. The summed E-state index contributed by atoms with van der Waals surface area (Å²) < 4.78 is 14.5. The average Bonchev–Trinajstić information content (AvgIpc) is 2.67. The first-order chi connectivity index (χ1) is 12.6. The standard InChI is InChI=1S/C19H19FN4O2/c20-16-6-7-17(22-13-14-4-2-1-3-5-14)15(12-21)18(16)23-8-10-24(11-9-23)19(25)26/h1-7,22H,8-11,13H2,(H,25,26). The number of benzene rings is 2. The Labute approximate surface area is 151 Å². The minimum atomic E-state index is -0.982. The monoisotopic (exact) mass is 354 g/mol. The number of halogens is 1. The maximum atomic E-state index is 14.5. The molecular weight excluding hydrogens is 335 g/mol. The molecule has 1 amide bonds. The zero-order valence-corrected chi connectivity index (χ0v) is 14.2. The lowest BCUT2D eigenvalue weighted by Crippen LogP contribution is -2.48. The fraction of sp³-hybridized carbons (Fsp3) is 0.263. The Kier molecular flexibility index (Phi) is 5.23. The van der Waals surface area contributed by atoms with Crippen molar-refractivity contribution in [1.29, 1.82) is 5.26 Å². The largest absolute Gasteiger partial charge is 0.465 e. The summed E-state index contributed by atoms with van der Waals surface area (Å²) in [6.07, 6.45) is -0.982. The van der Waals surface area contributed by atoms with Gasteiger partial charge in [0.2, 0.25) is 0 Å². The Balaban J connectivity index is 1.82. The lowest BCUT2D eigenvalue weighted by Gasteiger charge is -2.35. The Morgan fingerprint density at radius 3 is 2.46 bits per heavy atom. The number of hydrogen-bond acceptors (Lipinski definition) is 4. The van der Waals surface area contributed by atoms with E-state index >= 15 is 0 Å². The Morgan fingerprint density at radius 1 is 1.15 bits per heavy atom. The molecule has 0 aromatic heterocycles. The average molecular weight is 354 g/mol. The lowest BCUT2D eigenvalue weighted by molar-refractivity contribution is 0.142. The van der Waals surface area contributed by atoms with Crippen LogP contribution in [0.25, 0.3) is 0 Å². The van der Waals surface area contributed by atoms with Gasteiger partial charge in [-0.05, 0) is 17.7 Å². The zero-order valence-electron chi connectivity index (χ0n) is 14.2. The van der Waals surface area contributed by atoms with Gasteiger partial charge >= 0.3 is 6.09 Å². The molecule has 0 unspecified atom stereocenters. The van der Waals surface area contributed by atoms with Crippen LogP contribution in [0.3, 0.4) is 0 Å². The predicted octanol–water partition coefficient (Wildman–Crippen LogP) is 3.11. The Morgan fingerprint density at radius 2 is 1.85 bits per heavy atom. The summed E-state index contributed by atoms with van der Waals surface area (Å²) in [4.78, 5) is 14.1. The number of piperazine rings is 1. The number of nitrogens with zero attached hydrogens (tertiary/aromatic N) is 3. The summed E-state index contributed by atoms with van der Waals surface area (Å²) in [7, 11) is 0. The van der Waals surface area contributed by atoms with E-state index in [2.05, 4.69) is 11.4 Å².